The first kappa shape index (κ1) is 19.7. The molecule has 1 heterocycles. The average molecular weight is 362 g/mol. The number of hydrogen-bond acceptors (Lipinski definition) is 4. The fourth-order valence-electron chi connectivity index (χ4n) is 2.39. The molecule has 2 rings (SSSR count). The average Bonchev–Trinajstić information content (AvgIpc) is 2.51. The maximum absolute atomic E-state index is 12.4. The molecule has 1 atom stereocenters. The summed E-state index contributed by atoms with van der Waals surface area (Å²) in [5.41, 5.74) is 0.892. The Bertz CT molecular complexity index is 542. The van der Waals surface area contributed by atoms with E-state index in [2.05, 4.69) is 10.6 Å². The van der Waals surface area contributed by atoms with Crippen LogP contribution in [0.15, 0.2) is 24.3 Å². The summed E-state index contributed by atoms with van der Waals surface area (Å²) in [6.45, 7) is 1.74. The van der Waals surface area contributed by atoms with E-state index >= 15 is 0 Å². The molecule has 3 N–H and O–H groups in total. The van der Waals surface area contributed by atoms with E-state index in [4.69, 9.17) is 16.7 Å². The van der Waals surface area contributed by atoms with E-state index in [1.807, 2.05) is 18.2 Å². The fourth-order valence-corrected chi connectivity index (χ4v) is 2.59. The molecule has 1 aromatic rings. The summed E-state index contributed by atoms with van der Waals surface area (Å²) in [7, 11) is 0. The van der Waals surface area contributed by atoms with E-state index in [1.165, 1.54) is 0 Å². The summed E-state index contributed by atoms with van der Waals surface area (Å²) in [4.78, 5) is 25.8. The van der Waals surface area contributed by atoms with E-state index in [0.29, 0.717) is 24.7 Å². The van der Waals surface area contributed by atoms with Gasteiger partial charge in [0, 0.05) is 31.2 Å². The molecule has 0 aliphatic carbocycles. The fraction of sp³-hybridized carbons (Fsp3) is 0.467. The molecule has 1 aliphatic heterocycles. The first-order valence-electron chi connectivity index (χ1n) is 7.25. The lowest BCUT2D eigenvalue weighted by molar-refractivity contribution is -0.138. The summed E-state index contributed by atoms with van der Waals surface area (Å²) in [6.07, 6.45) is 0.0673. The van der Waals surface area contributed by atoms with Crippen LogP contribution in [-0.4, -0.2) is 54.1 Å². The third kappa shape index (κ3) is 5.66. The molecule has 1 aromatic carbocycles. The lowest BCUT2D eigenvalue weighted by Crippen LogP contribution is -2.55. The van der Waals surface area contributed by atoms with E-state index in [-0.39, 0.29) is 43.8 Å². The Morgan fingerprint density at radius 2 is 2.17 bits per heavy atom. The molecule has 6 nitrogen and oxygen atoms in total. The van der Waals surface area contributed by atoms with Crippen LogP contribution in [0, 0.1) is 0 Å². The van der Waals surface area contributed by atoms with Crippen molar-refractivity contribution in [3.05, 3.63) is 34.9 Å². The number of carbonyl (C=O) groups excluding carboxylic acids is 2. The van der Waals surface area contributed by atoms with Gasteiger partial charge in [0.05, 0.1) is 19.1 Å². The Morgan fingerprint density at radius 1 is 1.43 bits per heavy atom. The Kier molecular flexibility index (Phi) is 8.33. The maximum atomic E-state index is 12.4. The molecule has 0 aromatic heterocycles. The van der Waals surface area contributed by atoms with Crippen LogP contribution in [0.25, 0.3) is 0 Å². The first-order valence-corrected chi connectivity index (χ1v) is 7.62. The SMILES string of the molecule is Cl.O=C(CC1NCCN(Cc2ccccc2Cl)C1=O)NCCO. The Balaban J connectivity index is 0.00000264. The minimum Gasteiger partial charge on any atom is -0.395 e. The first-order chi connectivity index (χ1) is 10.6. The molecule has 23 heavy (non-hydrogen) atoms. The van der Waals surface area contributed by atoms with Crippen molar-refractivity contribution in [2.24, 2.45) is 0 Å². The van der Waals surface area contributed by atoms with Crippen molar-refractivity contribution in [2.45, 2.75) is 19.0 Å². The zero-order chi connectivity index (χ0) is 15.9. The molecule has 1 saturated heterocycles. The number of aliphatic hydroxyl groups excluding tert-OH is 1. The van der Waals surface area contributed by atoms with Crippen LogP contribution in [0.4, 0.5) is 0 Å². The lowest BCUT2D eigenvalue weighted by atomic mass is 10.1. The number of amides is 2. The molecule has 0 bridgehead atoms. The number of nitrogens with one attached hydrogen (secondary N) is 2. The quantitative estimate of drug-likeness (QED) is 0.691. The zero-order valence-electron chi connectivity index (χ0n) is 12.6. The number of carbonyl (C=O) groups is 2. The minimum absolute atomic E-state index is 0. The molecule has 128 valence electrons. The van der Waals surface area contributed by atoms with Gasteiger partial charge in [-0.1, -0.05) is 29.8 Å². The molecule has 8 heteroatoms. The summed E-state index contributed by atoms with van der Waals surface area (Å²) >= 11 is 6.13. The van der Waals surface area contributed by atoms with E-state index in [0.717, 1.165) is 5.56 Å². The van der Waals surface area contributed by atoms with Crippen molar-refractivity contribution >= 4 is 35.8 Å². The monoisotopic (exact) mass is 361 g/mol. The summed E-state index contributed by atoms with van der Waals surface area (Å²) < 4.78 is 0. The van der Waals surface area contributed by atoms with Gasteiger partial charge in [-0.15, -0.1) is 12.4 Å². The Hall–Kier alpha value is -1.34. The van der Waals surface area contributed by atoms with Gasteiger partial charge < -0.3 is 20.6 Å². The van der Waals surface area contributed by atoms with E-state index in [9.17, 15) is 9.59 Å². The van der Waals surface area contributed by atoms with Gasteiger partial charge in [-0.05, 0) is 11.6 Å². The molecule has 1 aliphatic rings. The second-order valence-corrected chi connectivity index (χ2v) is 5.54. The normalized spacial score (nSPS) is 17.6. The van der Waals surface area contributed by atoms with Crippen LogP contribution in [0.3, 0.4) is 0 Å². The highest BCUT2D eigenvalue weighted by molar-refractivity contribution is 6.31. The van der Waals surface area contributed by atoms with Gasteiger partial charge >= 0.3 is 0 Å². The van der Waals surface area contributed by atoms with Crippen molar-refractivity contribution in [2.75, 3.05) is 26.2 Å². The summed E-state index contributed by atoms with van der Waals surface area (Å²) in [5, 5.41) is 14.9. The third-order valence-electron chi connectivity index (χ3n) is 3.52. The highest BCUT2D eigenvalue weighted by atomic mass is 35.5. The molecular weight excluding hydrogens is 341 g/mol. The van der Waals surface area contributed by atoms with Crippen LogP contribution in [0.1, 0.15) is 12.0 Å². The number of benzene rings is 1. The Labute approximate surface area is 146 Å². The molecule has 1 fully saturated rings. The molecule has 1 unspecified atom stereocenters. The van der Waals surface area contributed by atoms with Gasteiger partial charge in [-0.25, -0.2) is 0 Å². The highest BCUT2D eigenvalue weighted by Gasteiger charge is 2.30. The predicted molar refractivity (Wildman–Crippen MR) is 90.6 cm³/mol. The molecule has 0 saturated carbocycles. The second kappa shape index (κ2) is 9.72. The number of aliphatic hydroxyl groups is 1. The lowest BCUT2D eigenvalue weighted by Gasteiger charge is -2.33. The van der Waals surface area contributed by atoms with Crippen molar-refractivity contribution in [3.63, 3.8) is 0 Å². The van der Waals surface area contributed by atoms with Gasteiger partial charge in [0.25, 0.3) is 0 Å². The number of rotatable bonds is 6. The van der Waals surface area contributed by atoms with Gasteiger partial charge in [-0.2, -0.15) is 0 Å². The largest absolute Gasteiger partial charge is 0.395 e. The smallest absolute Gasteiger partial charge is 0.240 e. The number of halogens is 2. The topological polar surface area (TPSA) is 81.7 Å². The zero-order valence-corrected chi connectivity index (χ0v) is 14.2. The van der Waals surface area contributed by atoms with Crippen LogP contribution in [0.2, 0.25) is 5.02 Å². The van der Waals surface area contributed by atoms with Crippen molar-refractivity contribution in [1.29, 1.82) is 0 Å². The van der Waals surface area contributed by atoms with Crippen molar-refractivity contribution in [1.82, 2.24) is 15.5 Å². The molecular formula is C15H21Cl2N3O3. The number of piperazine rings is 1. The van der Waals surface area contributed by atoms with Gasteiger partial charge in [0.15, 0.2) is 0 Å². The molecule has 0 spiro atoms. The van der Waals surface area contributed by atoms with Crippen molar-refractivity contribution < 1.29 is 14.7 Å². The van der Waals surface area contributed by atoms with Gasteiger partial charge in [-0.3, -0.25) is 9.59 Å². The standard InChI is InChI=1S/C15H20ClN3O3.ClH/c16-12-4-2-1-3-11(12)10-19-7-5-17-13(15(19)22)9-14(21)18-6-8-20;/h1-4,13,17,20H,5-10H2,(H,18,21);1H. The summed E-state index contributed by atoms with van der Waals surface area (Å²) in [6, 6.07) is 6.88. The van der Waals surface area contributed by atoms with Crippen LogP contribution in [0.5, 0.6) is 0 Å². The molecule has 0 radical (unpaired) electrons. The van der Waals surface area contributed by atoms with Crippen LogP contribution < -0.4 is 10.6 Å². The molecule has 2 amide bonds. The number of nitrogens with zero attached hydrogens (tertiary/aromatic N) is 1. The maximum Gasteiger partial charge on any atom is 0.240 e. The number of hydrogen-bond donors (Lipinski definition) is 3. The Morgan fingerprint density at radius 3 is 2.87 bits per heavy atom. The van der Waals surface area contributed by atoms with Gasteiger partial charge in [0.1, 0.15) is 0 Å². The van der Waals surface area contributed by atoms with Crippen LogP contribution in [-0.2, 0) is 16.1 Å². The third-order valence-corrected chi connectivity index (χ3v) is 3.89. The predicted octanol–water partition coefficient (Wildman–Crippen LogP) is 0.561. The highest BCUT2D eigenvalue weighted by Crippen LogP contribution is 2.18. The van der Waals surface area contributed by atoms with E-state index < -0.39 is 6.04 Å². The van der Waals surface area contributed by atoms with Crippen molar-refractivity contribution in [3.8, 4) is 0 Å². The second-order valence-electron chi connectivity index (χ2n) is 5.14. The van der Waals surface area contributed by atoms with Crippen LogP contribution >= 0.6 is 24.0 Å². The minimum atomic E-state index is -0.532. The van der Waals surface area contributed by atoms with Gasteiger partial charge in [0.2, 0.25) is 11.8 Å². The summed E-state index contributed by atoms with van der Waals surface area (Å²) in [5.74, 6) is -0.357. The van der Waals surface area contributed by atoms with E-state index in [1.54, 1.807) is 11.0 Å².